The normalized spacial score (nSPS) is 14.7. The molecule has 4 nitrogen and oxygen atoms in total. The fourth-order valence-corrected chi connectivity index (χ4v) is 5.12. The van der Waals surface area contributed by atoms with E-state index in [0.717, 1.165) is 4.47 Å². The van der Waals surface area contributed by atoms with Gasteiger partial charge in [0.2, 0.25) is 0 Å². The zero-order valence-electron chi connectivity index (χ0n) is 17.5. The number of ether oxygens (including phenoxy) is 2. The van der Waals surface area contributed by atoms with Gasteiger partial charge in [0.15, 0.2) is 15.8 Å². The molecule has 10 heteroatoms. The summed E-state index contributed by atoms with van der Waals surface area (Å²) in [6.07, 6.45) is 1.71. The van der Waals surface area contributed by atoms with Gasteiger partial charge in [-0.1, -0.05) is 59.3 Å². The Morgan fingerprint density at radius 1 is 1.12 bits per heavy atom. The molecule has 3 aromatic rings. The van der Waals surface area contributed by atoms with Crippen molar-refractivity contribution >= 4 is 85.1 Å². The summed E-state index contributed by atoms with van der Waals surface area (Å²) in [5.74, 6) is 0.122. The number of halogens is 4. The molecule has 0 N–H and O–H groups in total. The Morgan fingerprint density at radius 2 is 1.91 bits per heavy atom. The van der Waals surface area contributed by atoms with Crippen molar-refractivity contribution in [2.24, 2.45) is 0 Å². The van der Waals surface area contributed by atoms with Gasteiger partial charge in [0.25, 0.3) is 5.91 Å². The van der Waals surface area contributed by atoms with Crippen LogP contribution in [0.1, 0.15) is 11.1 Å². The van der Waals surface area contributed by atoms with Crippen LogP contribution in [0.3, 0.4) is 0 Å². The number of carbonyl (C=O) groups is 1. The van der Waals surface area contributed by atoms with Gasteiger partial charge in [-0.3, -0.25) is 9.69 Å². The molecule has 3 aromatic carbocycles. The lowest BCUT2D eigenvalue weighted by Crippen LogP contribution is -2.27. The fourth-order valence-electron chi connectivity index (χ4n) is 3.18. The van der Waals surface area contributed by atoms with E-state index in [1.807, 2.05) is 0 Å². The number of methoxy groups -OCH3 is 1. The highest BCUT2D eigenvalue weighted by atomic mass is 79.9. The molecule has 1 saturated heterocycles. The van der Waals surface area contributed by atoms with Crippen molar-refractivity contribution in [3.63, 3.8) is 0 Å². The average molecular weight is 599 g/mol. The fraction of sp³-hybridized carbons (Fsp3) is 0.0833. The summed E-state index contributed by atoms with van der Waals surface area (Å²) in [5, 5.41) is 0.745. The van der Waals surface area contributed by atoms with E-state index in [1.165, 1.54) is 35.9 Å². The van der Waals surface area contributed by atoms with Crippen molar-refractivity contribution in [3.05, 3.63) is 91.0 Å². The lowest BCUT2D eigenvalue weighted by Gasteiger charge is -2.15. The van der Waals surface area contributed by atoms with E-state index in [2.05, 4.69) is 15.9 Å². The Kier molecular flexibility index (Phi) is 7.84. The molecular weight excluding hydrogens is 584 g/mol. The minimum Gasteiger partial charge on any atom is -0.493 e. The van der Waals surface area contributed by atoms with Crippen LogP contribution >= 0.6 is 63.1 Å². The summed E-state index contributed by atoms with van der Waals surface area (Å²) in [6.45, 7) is -0.0856. The lowest BCUT2D eigenvalue weighted by molar-refractivity contribution is -0.113. The molecule has 1 amide bonds. The van der Waals surface area contributed by atoms with Crippen molar-refractivity contribution in [1.29, 1.82) is 0 Å². The number of amides is 1. The van der Waals surface area contributed by atoms with E-state index in [-0.39, 0.29) is 23.1 Å². The highest BCUT2D eigenvalue weighted by Gasteiger charge is 2.33. The van der Waals surface area contributed by atoms with Gasteiger partial charge in [0.1, 0.15) is 12.4 Å². The maximum absolute atomic E-state index is 14.1. The molecule has 0 radical (unpaired) electrons. The SMILES string of the molecule is COc1ccc(C=C2SC(=S)N(c3ccc(Br)c(Cl)c3)C2=O)cc1OCc1c(F)cccc1Cl. The molecule has 1 heterocycles. The number of carbonyl (C=O) groups excluding carboxylic acids is 1. The van der Waals surface area contributed by atoms with Crippen molar-refractivity contribution in [3.8, 4) is 11.5 Å². The third-order valence-electron chi connectivity index (χ3n) is 4.87. The molecule has 1 aliphatic heterocycles. The van der Waals surface area contributed by atoms with Crippen LogP contribution in [-0.2, 0) is 11.4 Å². The number of hydrogen-bond donors (Lipinski definition) is 0. The van der Waals surface area contributed by atoms with E-state index in [1.54, 1.807) is 48.5 Å². The predicted molar refractivity (Wildman–Crippen MR) is 144 cm³/mol. The number of rotatable bonds is 6. The topological polar surface area (TPSA) is 38.8 Å². The highest BCUT2D eigenvalue weighted by molar-refractivity contribution is 9.10. The van der Waals surface area contributed by atoms with Gasteiger partial charge >= 0.3 is 0 Å². The summed E-state index contributed by atoms with van der Waals surface area (Å²) >= 11 is 22.2. The quantitative estimate of drug-likeness (QED) is 0.213. The van der Waals surface area contributed by atoms with E-state index in [9.17, 15) is 9.18 Å². The first-order chi connectivity index (χ1) is 16.3. The van der Waals surface area contributed by atoms with E-state index >= 15 is 0 Å². The Balaban J connectivity index is 1.59. The minimum atomic E-state index is -0.459. The van der Waals surface area contributed by atoms with Crippen molar-refractivity contribution in [2.75, 3.05) is 12.0 Å². The molecule has 1 fully saturated rings. The van der Waals surface area contributed by atoms with E-state index in [4.69, 9.17) is 44.9 Å². The van der Waals surface area contributed by atoms with E-state index < -0.39 is 5.82 Å². The van der Waals surface area contributed by atoms with Gasteiger partial charge in [-0.15, -0.1) is 0 Å². The van der Waals surface area contributed by atoms with Crippen LogP contribution in [0, 0.1) is 5.82 Å². The first kappa shape index (κ1) is 25.0. The summed E-state index contributed by atoms with van der Waals surface area (Å²) in [5.41, 5.74) is 1.51. The Hall–Kier alpha value is -2.10. The molecule has 0 aliphatic carbocycles. The number of anilines is 1. The number of hydrogen-bond acceptors (Lipinski definition) is 5. The molecular formula is C24H15BrCl2FNO3S2. The Bertz CT molecular complexity index is 1320. The number of nitrogens with zero attached hydrogens (tertiary/aromatic N) is 1. The lowest BCUT2D eigenvalue weighted by atomic mass is 10.1. The van der Waals surface area contributed by atoms with Gasteiger partial charge < -0.3 is 9.47 Å². The van der Waals surface area contributed by atoms with Gasteiger partial charge in [-0.2, -0.15) is 0 Å². The van der Waals surface area contributed by atoms with Gasteiger partial charge in [0.05, 0.1) is 27.7 Å². The number of thioether (sulfide) groups is 1. The van der Waals surface area contributed by atoms with Crippen molar-refractivity contribution < 1.29 is 18.7 Å². The second kappa shape index (κ2) is 10.7. The van der Waals surface area contributed by atoms with Gasteiger partial charge in [-0.05, 0) is 70.0 Å². The van der Waals surface area contributed by atoms with Crippen LogP contribution in [0.2, 0.25) is 10.0 Å². The molecule has 4 rings (SSSR count). The molecule has 1 aliphatic rings. The summed E-state index contributed by atoms with van der Waals surface area (Å²) < 4.78 is 26.4. The van der Waals surface area contributed by atoms with Crippen LogP contribution in [-0.4, -0.2) is 17.3 Å². The smallest absolute Gasteiger partial charge is 0.270 e. The van der Waals surface area contributed by atoms with Crippen molar-refractivity contribution in [1.82, 2.24) is 0 Å². The molecule has 0 atom stereocenters. The zero-order chi connectivity index (χ0) is 24.4. The first-order valence-electron chi connectivity index (χ1n) is 9.75. The monoisotopic (exact) mass is 597 g/mol. The van der Waals surface area contributed by atoms with Gasteiger partial charge in [0, 0.05) is 10.0 Å². The Labute approximate surface area is 223 Å². The summed E-state index contributed by atoms with van der Waals surface area (Å²) in [6, 6.07) is 14.8. The number of thiocarbonyl (C=S) groups is 1. The minimum absolute atomic E-state index is 0.0856. The molecule has 0 saturated carbocycles. The molecule has 0 bridgehead atoms. The maximum atomic E-state index is 14.1. The van der Waals surface area contributed by atoms with Crippen LogP contribution in [0.25, 0.3) is 6.08 Å². The average Bonchev–Trinajstić information content (AvgIpc) is 3.08. The van der Waals surface area contributed by atoms with Crippen LogP contribution in [0.4, 0.5) is 10.1 Å². The number of benzene rings is 3. The van der Waals surface area contributed by atoms with Gasteiger partial charge in [-0.25, -0.2) is 4.39 Å². The molecule has 0 aromatic heterocycles. The maximum Gasteiger partial charge on any atom is 0.270 e. The van der Waals surface area contributed by atoms with Crippen LogP contribution in [0.15, 0.2) is 64.0 Å². The highest BCUT2D eigenvalue weighted by Crippen LogP contribution is 2.39. The molecule has 0 spiro atoms. The predicted octanol–water partition coefficient (Wildman–Crippen LogP) is 7.89. The third kappa shape index (κ3) is 5.26. The molecule has 34 heavy (non-hydrogen) atoms. The first-order valence-corrected chi connectivity index (χ1v) is 12.5. The Morgan fingerprint density at radius 3 is 2.62 bits per heavy atom. The van der Waals surface area contributed by atoms with Crippen molar-refractivity contribution in [2.45, 2.75) is 6.61 Å². The van der Waals surface area contributed by atoms with Crippen LogP contribution in [0.5, 0.6) is 11.5 Å². The zero-order valence-corrected chi connectivity index (χ0v) is 22.2. The largest absolute Gasteiger partial charge is 0.493 e. The second-order valence-electron chi connectivity index (χ2n) is 7.01. The second-order valence-corrected chi connectivity index (χ2v) is 10.4. The molecule has 0 unspecified atom stereocenters. The van der Waals surface area contributed by atoms with E-state index in [0.29, 0.717) is 37.0 Å². The third-order valence-corrected chi connectivity index (χ3v) is 7.76. The standard InChI is InChI=1S/C24H15BrCl2FNO3S2/c1-31-20-8-5-13(9-21(20)32-12-15-17(26)3-2-4-19(15)28)10-22-23(30)29(24(33)34-22)14-6-7-16(25)18(27)11-14/h2-11H,12H2,1H3. The van der Waals surface area contributed by atoms with Crippen LogP contribution < -0.4 is 14.4 Å². The molecule has 174 valence electrons. The summed E-state index contributed by atoms with van der Waals surface area (Å²) in [7, 11) is 1.51. The summed E-state index contributed by atoms with van der Waals surface area (Å²) in [4.78, 5) is 15.0.